The van der Waals surface area contributed by atoms with Gasteiger partial charge in [0, 0.05) is 0 Å². The third-order valence-corrected chi connectivity index (χ3v) is 1.90. The zero-order valence-electron chi connectivity index (χ0n) is 8.28. The number of hydrogen-bond acceptors (Lipinski definition) is 1. The van der Waals surface area contributed by atoms with E-state index in [0.29, 0.717) is 4.90 Å². The molecule has 0 radical (unpaired) electrons. The van der Waals surface area contributed by atoms with Crippen LogP contribution in [0.2, 0.25) is 0 Å². The largest absolute Gasteiger partial charge is 2.00 e. The summed E-state index contributed by atoms with van der Waals surface area (Å²) >= 11 is -1.84. The predicted molar refractivity (Wildman–Crippen MR) is 48.2 cm³/mol. The maximum absolute atomic E-state index is 10.4. The van der Waals surface area contributed by atoms with E-state index >= 15 is 0 Å². The zero-order valence-corrected chi connectivity index (χ0v) is 11.5. The molecule has 1 atom stereocenters. The van der Waals surface area contributed by atoms with Crippen molar-refractivity contribution in [2.45, 2.75) is 11.8 Å². The second-order valence-corrected chi connectivity index (χ2v) is 3.03. The molecule has 2 nitrogen and oxygen atoms in total. The molecular formula is C7H10BaO2S. The minimum absolute atomic E-state index is 0. The Balaban J connectivity index is -0.000000333. The van der Waals surface area contributed by atoms with Crippen LogP contribution in [0, 0.1) is 6.92 Å². The standard InChI is InChI=1S/C7H8O2S.Ba.2H/c1-6-2-4-7(5-3-6)10(8)9;;;/h2-5H,1H3,(H,8,9);;;/q;+2;2*-1. The average Bonchev–Trinajstić information content (AvgIpc) is 1.88. The second kappa shape index (κ2) is 5.53. The van der Waals surface area contributed by atoms with Crippen molar-refractivity contribution in [2.75, 3.05) is 0 Å². The monoisotopic (exact) mass is 296 g/mol. The molecule has 0 amide bonds. The Morgan fingerprint density at radius 3 is 2.18 bits per heavy atom. The normalized spacial score (nSPS) is 11.8. The van der Waals surface area contributed by atoms with Crippen LogP contribution in [0.15, 0.2) is 29.2 Å². The fourth-order valence-corrected chi connectivity index (χ4v) is 1.02. The summed E-state index contributed by atoms with van der Waals surface area (Å²) in [4.78, 5) is 0.450. The van der Waals surface area contributed by atoms with Gasteiger partial charge in [-0.2, -0.15) is 0 Å². The van der Waals surface area contributed by atoms with Crippen LogP contribution in [0.5, 0.6) is 0 Å². The summed E-state index contributed by atoms with van der Waals surface area (Å²) in [5, 5.41) is 0. The average molecular weight is 296 g/mol. The first-order valence-corrected chi connectivity index (χ1v) is 3.98. The van der Waals surface area contributed by atoms with E-state index in [1.54, 1.807) is 12.1 Å². The number of rotatable bonds is 1. The van der Waals surface area contributed by atoms with Crippen molar-refractivity contribution < 1.29 is 11.6 Å². The van der Waals surface area contributed by atoms with Gasteiger partial charge >= 0.3 is 48.9 Å². The third kappa shape index (κ3) is 3.89. The van der Waals surface area contributed by atoms with Gasteiger partial charge in [0.1, 0.15) is 0 Å². The summed E-state index contributed by atoms with van der Waals surface area (Å²) in [5.74, 6) is 0. The summed E-state index contributed by atoms with van der Waals surface area (Å²) in [6.07, 6.45) is 0. The van der Waals surface area contributed by atoms with E-state index in [0.717, 1.165) is 5.56 Å². The van der Waals surface area contributed by atoms with Gasteiger partial charge in [-0.15, -0.1) is 0 Å². The minimum atomic E-state index is -1.84. The van der Waals surface area contributed by atoms with Crippen LogP contribution < -0.4 is 0 Å². The molecule has 11 heavy (non-hydrogen) atoms. The van der Waals surface area contributed by atoms with E-state index < -0.39 is 11.1 Å². The van der Waals surface area contributed by atoms with Crippen molar-refractivity contribution >= 4 is 60.0 Å². The molecule has 1 N–H and O–H groups in total. The molecule has 1 unspecified atom stereocenters. The van der Waals surface area contributed by atoms with Crippen LogP contribution >= 0.6 is 0 Å². The summed E-state index contributed by atoms with van der Waals surface area (Å²) in [5.41, 5.74) is 1.09. The SMILES string of the molecule is Cc1ccc(S(=O)O)cc1.[Ba+2].[H-].[H-]. The maximum atomic E-state index is 10.4. The molecule has 4 heteroatoms. The Morgan fingerprint density at radius 2 is 1.82 bits per heavy atom. The zero-order chi connectivity index (χ0) is 7.56. The summed E-state index contributed by atoms with van der Waals surface area (Å²) in [6, 6.07) is 6.91. The molecule has 0 saturated carbocycles. The van der Waals surface area contributed by atoms with E-state index in [1.165, 1.54) is 0 Å². The Labute approximate surface area is 112 Å². The van der Waals surface area contributed by atoms with Crippen LogP contribution in [-0.4, -0.2) is 57.6 Å². The summed E-state index contributed by atoms with van der Waals surface area (Å²) < 4.78 is 19.0. The first kappa shape index (κ1) is 11.9. The molecule has 1 aromatic carbocycles. The van der Waals surface area contributed by atoms with Gasteiger partial charge in [-0.3, -0.25) is 0 Å². The number of hydrogen-bond donors (Lipinski definition) is 1. The topological polar surface area (TPSA) is 37.3 Å². The van der Waals surface area contributed by atoms with Crippen LogP contribution in [0.4, 0.5) is 0 Å². The van der Waals surface area contributed by atoms with Gasteiger partial charge in [0.2, 0.25) is 0 Å². The molecule has 1 aromatic rings. The van der Waals surface area contributed by atoms with Crippen LogP contribution in [0.25, 0.3) is 0 Å². The molecule has 1 rings (SSSR count). The van der Waals surface area contributed by atoms with Crippen molar-refractivity contribution in [3.8, 4) is 0 Å². The quantitative estimate of drug-likeness (QED) is 0.628. The van der Waals surface area contributed by atoms with Gasteiger partial charge in [0.05, 0.1) is 4.90 Å². The fraction of sp³-hybridized carbons (Fsp3) is 0.143. The Kier molecular flexibility index (Phi) is 5.98. The van der Waals surface area contributed by atoms with Crippen molar-refractivity contribution in [1.29, 1.82) is 0 Å². The second-order valence-electron chi connectivity index (χ2n) is 2.06. The van der Waals surface area contributed by atoms with Crippen molar-refractivity contribution in [3.05, 3.63) is 29.8 Å². The van der Waals surface area contributed by atoms with Gasteiger partial charge in [-0.05, 0) is 19.1 Å². The van der Waals surface area contributed by atoms with Gasteiger partial charge in [-0.25, -0.2) is 4.21 Å². The molecule has 0 heterocycles. The first-order valence-electron chi connectivity index (χ1n) is 2.87. The predicted octanol–water partition coefficient (Wildman–Crippen LogP) is 1.42. The molecule has 0 bridgehead atoms. The molecular weight excluding hydrogens is 285 g/mol. The van der Waals surface area contributed by atoms with E-state index in [4.69, 9.17) is 4.55 Å². The summed E-state index contributed by atoms with van der Waals surface area (Å²) in [6.45, 7) is 1.93. The molecule has 58 valence electrons. The Bertz CT molecular complexity index is 253. The van der Waals surface area contributed by atoms with E-state index in [9.17, 15) is 4.21 Å². The Hall–Kier alpha value is 0.901. The fourth-order valence-electron chi connectivity index (χ4n) is 0.655. The van der Waals surface area contributed by atoms with Crippen LogP contribution in [-0.2, 0) is 11.1 Å². The molecule has 0 spiro atoms. The molecule has 0 aliphatic heterocycles. The molecule has 0 aliphatic rings. The molecule has 0 aromatic heterocycles. The van der Waals surface area contributed by atoms with Crippen molar-refractivity contribution in [2.24, 2.45) is 0 Å². The molecule has 0 saturated heterocycles. The van der Waals surface area contributed by atoms with Crippen molar-refractivity contribution in [1.82, 2.24) is 0 Å². The van der Waals surface area contributed by atoms with Gasteiger partial charge < -0.3 is 7.41 Å². The van der Waals surface area contributed by atoms with E-state index in [-0.39, 0.29) is 51.7 Å². The smallest absolute Gasteiger partial charge is 1.00 e. The van der Waals surface area contributed by atoms with E-state index in [1.807, 2.05) is 19.1 Å². The number of benzene rings is 1. The van der Waals surface area contributed by atoms with Crippen molar-refractivity contribution in [3.63, 3.8) is 0 Å². The molecule has 0 aliphatic carbocycles. The minimum Gasteiger partial charge on any atom is -1.00 e. The van der Waals surface area contributed by atoms with Gasteiger partial charge in [-0.1, -0.05) is 17.7 Å². The molecule has 0 fully saturated rings. The van der Waals surface area contributed by atoms with Gasteiger partial charge in [0.25, 0.3) is 0 Å². The van der Waals surface area contributed by atoms with Crippen LogP contribution in [0.3, 0.4) is 0 Å². The van der Waals surface area contributed by atoms with E-state index in [2.05, 4.69) is 0 Å². The number of aryl methyl sites for hydroxylation is 1. The third-order valence-electron chi connectivity index (χ3n) is 1.22. The van der Waals surface area contributed by atoms with Gasteiger partial charge in [0.15, 0.2) is 11.1 Å². The van der Waals surface area contributed by atoms with Crippen LogP contribution in [0.1, 0.15) is 8.42 Å². The maximum Gasteiger partial charge on any atom is 2.00 e. The summed E-state index contributed by atoms with van der Waals surface area (Å²) in [7, 11) is 0. The Morgan fingerprint density at radius 1 is 1.36 bits per heavy atom. The first-order chi connectivity index (χ1) is 4.70.